The predicted molar refractivity (Wildman–Crippen MR) is 141 cm³/mol. The first-order valence-corrected chi connectivity index (χ1v) is 11.3. The van der Waals surface area contributed by atoms with Crippen molar-refractivity contribution >= 4 is 44.8 Å². The summed E-state index contributed by atoms with van der Waals surface area (Å²) < 4.78 is 8.38. The second kappa shape index (κ2) is 12.3. The Balaban J connectivity index is 0.000000584. The van der Waals surface area contributed by atoms with Crippen LogP contribution in [0.2, 0.25) is 0 Å². The van der Waals surface area contributed by atoms with Crippen LogP contribution in [0, 0.1) is 6.92 Å². The zero-order valence-electron chi connectivity index (χ0n) is 21.3. The Bertz CT molecular complexity index is 1350. The van der Waals surface area contributed by atoms with Crippen molar-refractivity contribution in [3.63, 3.8) is 0 Å². The minimum atomic E-state index is -1.82. The number of aryl methyl sites for hydroxylation is 1. The van der Waals surface area contributed by atoms with Gasteiger partial charge in [-0.05, 0) is 64.9 Å². The minimum Gasteiger partial charge on any atom is -0.492 e. The van der Waals surface area contributed by atoms with Gasteiger partial charge in [-0.3, -0.25) is 0 Å². The van der Waals surface area contributed by atoms with E-state index in [1.54, 1.807) is 0 Å². The number of ether oxygens (including phenoxy) is 1. The molecule has 0 unspecified atom stereocenters. The number of aliphatic carboxylic acids is 2. The van der Waals surface area contributed by atoms with Crippen LogP contribution in [0.5, 0.6) is 5.75 Å². The third-order valence-corrected chi connectivity index (χ3v) is 5.68. The molecule has 2 aromatic heterocycles. The summed E-state index contributed by atoms with van der Waals surface area (Å²) in [6, 6.07) is 14.9. The molecule has 10 heteroatoms. The van der Waals surface area contributed by atoms with Gasteiger partial charge in [-0.25, -0.2) is 14.6 Å². The molecule has 0 saturated carbocycles. The van der Waals surface area contributed by atoms with E-state index in [1.165, 1.54) is 27.2 Å². The van der Waals surface area contributed by atoms with Gasteiger partial charge in [0.15, 0.2) is 0 Å². The molecule has 0 saturated heterocycles. The van der Waals surface area contributed by atoms with Crippen LogP contribution in [0.1, 0.15) is 5.56 Å². The molecule has 0 radical (unpaired) electrons. The van der Waals surface area contributed by atoms with Crippen LogP contribution in [0.4, 0.5) is 0 Å². The molecule has 0 spiro atoms. The molecular formula is C26H34N4O6. The van der Waals surface area contributed by atoms with E-state index in [-0.39, 0.29) is 5.48 Å². The molecule has 0 aliphatic carbocycles. The van der Waals surface area contributed by atoms with E-state index in [1.807, 2.05) is 0 Å². The summed E-state index contributed by atoms with van der Waals surface area (Å²) in [6.45, 7) is 5.65. The maximum atomic E-state index is 9.10. The standard InChI is InChI=1S/C24H30N4O.C2H2O4.H2O/c1-17-19-8-6-7-9-21(19)25-24-23(17)20-16-18(29-15-14-27(4)5)10-11-22(20)28(24)13-12-26(2)3;3-1(4)2(5)6;/h6-11,16H,12-15H2,1-5H3;(H,3,4)(H,5,6);1H2. The third kappa shape index (κ3) is 6.48. The number of hydrogen-bond acceptors (Lipinski definition) is 6. The minimum absolute atomic E-state index is 0. The average Bonchev–Trinajstić information content (AvgIpc) is 3.10. The number of benzene rings is 2. The highest BCUT2D eigenvalue weighted by Crippen LogP contribution is 2.35. The van der Waals surface area contributed by atoms with Crippen molar-refractivity contribution in [2.45, 2.75) is 13.5 Å². The Hall–Kier alpha value is -3.73. The van der Waals surface area contributed by atoms with Gasteiger partial charge in [0.1, 0.15) is 18.0 Å². The summed E-state index contributed by atoms with van der Waals surface area (Å²) in [5, 5.41) is 18.4. The summed E-state index contributed by atoms with van der Waals surface area (Å²) in [7, 11) is 8.34. The SMILES string of the molecule is Cc1c2ccccc2nc2c1c1cc(OCCN(C)C)ccc1n2CCN(C)C.O.O=C(O)C(=O)O. The van der Waals surface area contributed by atoms with Crippen LogP contribution in [0.25, 0.3) is 32.8 Å². The van der Waals surface area contributed by atoms with Crippen molar-refractivity contribution in [3.05, 3.63) is 48.0 Å². The van der Waals surface area contributed by atoms with Crippen LogP contribution in [0.3, 0.4) is 0 Å². The fourth-order valence-electron chi connectivity index (χ4n) is 3.91. The summed E-state index contributed by atoms with van der Waals surface area (Å²) in [4.78, 5) is 27.6. The van der Waals surface area contributed by atoms with Crippen molar-refractivity contribution in [1.29, 1.82) is 0 Å². The molecular weight excluding hydrogens is 464 g/mol. The normalized spacial score (nSPS) is 11.0. The monoisotopic (exact) mass is 498 g/mol. The number of fused-ring (bicyclic) bond motifs is 4. The van der Waals surface area contributed by atoms with Gasteiger partial charge in [0.25, 0.3) is 0 Å². The molecule has 2 aromatic carbocycles. The van der Waals surface area contributed by atoms with E-state index in [0.29, 0.717) is 6.61 Å². The van der Waals surface area contributed by atoms with E-state index < -0.39 is 11.9 Å². The predicted octanol–water partition coefficient (Wildman–Crippen LogP) is 2.48. The van der Waals surface area contributed by atoms with Gasteiger partial charge in [-0.1, -0.05) is 18.2 Å². The largest absolute Gasteiger partial charge is 0.492 e. The number of aromatic nitrogens is 2. The highest BCUT2D eigenvalue weighted by molar-refractivity contribution is 6.27. The fraction of sp³-hybridized carbons (Fsp3) is 0.346. The number of para-hydroxylation sites is 1. The molecule has 0 bridgehead atoms. The number of nitrogens with zero attached hydrogens (tertiary/aromatic N) is 4. The number of carboxylic acids is 2. The molecule has 0 aliphatic rings. The number of carbonyl (C=O) groups is 2. The lowest BCUT2D eigenvalue weighted by Gasteiger charge is -2.13. The lowest BCUT2D eigenvalue weighted by atomic mass is 10.0. The van der Waals surface area contributed by atoms with Gasteiger partial charge in [-0.15, -0.1) is 0 Å². The first-order valence-electron chi connectivity index (χ1n) is 11.3. The van der Waals surface area contributed by atoms with Gasteiger partial charge >= 0.3 is 11.9 Å². The number of carboxylic acid groups (broad SMARTS) is 2. The summed E-state index contributed by atoms with van der Waals surface area (Å²) in [6.07, 6.45) is 0. The molecule has 0 aliphatic heterocycles. The molecule has 4 N–H and O–H groups in total. The van der Waals surface area contributed by atoms with E-state index in [9.17, 15) is 0 Å². The smallest absolute Gasteiger partial charge is 0.414 e. The Morgan fingerprint density at radius 2 is 1.58 bits per heavy atom. The Kier molecular flexibility index (Phi) is 9.74. The van der Waals surface area contributed by atoms with Gasteiger partial charge in [-0.2, -0.15) is 0 Å². The second-order valence-corrected chi connectivity index (χ2v) is 8.85. The van der Waals surface area contributed by atoms with E-state index in [4.69, 9.17) is 29.5 Å². The van der Waals surface area contributed by atoms with Gasteiger partial charge in [0, 0.05) is 35.8 Å². The molecule has 0 fully saturated rings. The summed E-state index contributed by atoms with van der Waals surface area (Å²) in [5.74, 6) is -2.73. The van der Waals surface area contributed by atoms with Crippen molar-refractivity contribution in [2.24, 2.45) is 0 Å². The quantitative estimate of drug-likeness (QED) is 0.371. The van der Waals surface area contributed by atoms with Gasteiger partial charge in [0.05, 0.1) is 11.0 Å². The number of hydrogen-bond donors (Lipinski definition) is 2. The average molecular weight is 499 g/mol. The van der Waals surface area contributed by atoms with Crippen LogP contribution < -0.4 is 4.74 Å². The zero-order valence-corrected chi connectivity index (χ0v) is 21.3. The maximum absolute atomic E-state index is 9.10. The molecule has 0 atom stereocenters. The van der Waals surface area contributed by atoms with Crippen molar-refractivity contribution in [3.8, 4) is 5.75 Å². The Morgan fingerprint density at radius 1 is 0.944 bits per heavy atom. The van der Waals surface area contributed by atoms with Crippen LogP contribution in [0.15, 0.2) is 42.5 Å². The zero-order chi connectivity index (χ0) is 25.7. The highest BCUT2D eigenvalue weighted by Gasteiger charge is 2.17. The topological polar surface area (TPSA) is 140 Å². The first kappa shape index (κ1) is 28.5. The van der Waals surface area contributed by atoms with Crippen LogP contribution >= 0.6 is 0 Å². The van der Waals surface area contributed by atoms with Crippen LogP contribution in [-0.4, -0.2) is 94.9 Å². The first-order chi connectivity index (χ1) is 16.6. The fourth-order valence-corrected chi connectivity index (χ4v) is 3.91. The van der Waals surface area contributed by atoms with Crippen LogP contribution in [-0.2, 0) is 16.1 Å². The summed E-state index contributed by atoms with van der Waals surface area (Å²) >= 11 is 0. The van der Waals surface area contributed by atoms with Crippen molar-refractivity contribution < 1.29 is 30.0 Å². The van der Waals surface area contributed by atoms with Crippen molar-refractivity contribution in [1.82, 2.24) is 19.4 Å². The molecule has 194 valence electrons. The molecule has 4 rings (SSSR count). The summed E-state index contributed by atoms with van der Waals surface area (Å²) in [5.41, 5.74) is 4.61. The number of rotatable bonds is 7. The molecule has 2 heterocycles. The number of pyridine rings is 1. The highest BCUT2D eigenvalue weighted by atomic mass is 16.5. The van der Waals surface area contributed by atoms with Gasteiger partial charge < -0.3 is 34.8 Å². The van der Waals surface area contributed by atoms with Gasteiger partial charge in [0.2, 0.25) is 0 Å². The van der Waals surface area contributed by atoms with E-state index in [0.717, 1.165) is 36.5 Å². The number of likely N-dealkylation sites (N-methyl/N-ethyl adjacent to an activating group) is 2. The lowest BCUT2D eigenvalue weighted by Crippen LogP contribution is -2.19. The molecule has 4 aromatic rings. The Morgan fingerprint density at radius 3 is 2.19 bits per heavy atom. The van der Waals surface area contributed by atoms with Crippen molar-refractivity contribution in [2.75, 3.05) is 47.9 Å². The maximum Gasteiger partial charge on any atom is 0.414 e. The Labute approximate surface area is 209 Å². The van der Waals surface area contributed by atoms with E-state index in [2.05, 4.69) is 91.9 Å². The third-order valence-electron chi connectivity index (χ3n) is 5.68. The second-order valence-electron chi connectivity index (χ2n) is 8.85. The molecule has 36 heavy (non-hydrogen) atoms. The molecule has 0 amide bonds. The van der Waals surface area contributed by atoms with E-state index >= 15 is 0 Å². The molecule has 10 nitrogen and oxygen atoms in total. The lowest BCUT2D eigenvalue weighted by molar-refractivity contribution is -0.159.